The van der Waals surface area contributed by atoms with E-state index in [9.17, 15) is 0 Å². The van der Waals surface area contributed by atoms with Crippen LogP contribution < -0.4 is 26.2 Å². The zero-order chi connectivity index (χ0) is 44.2. The maximum Gasteiger partial charge on any atom is 0.252 e. The van der Waals surface area contributed by atoms with Crippen LogP contribution in [-0.2, 0) is 10.8 Å². The van der Waals surface area contributed by atoms with Crippen LogP contribution in [-0.4, -0.2) is 6.71 Å². The first-order chi connectivity index (χ1) is 31.5. The molecule has 65 heavy (non-hydrogen) atoms. The topological polar surface area (TPSA) is 6.48 Å². The van der Waals surface area contributed by atoms with Gasteiger partial charge in [0.2, 0.25) is 0 Å². The number of hydrogen-bond acceptors (Lipinski definition) is 2. The van der Waals surface area contributed by atoms with Gasteiger partial charge in [-0.1, -0.05) is 187 Å². The Balaban J connectivity index is 1.22. The molecule has 0 fully saturated rings. The predicted octanol–water partition coefficient (Wildman–Crippen LogP) is 15.2. The molecule has 0 aliphatic carbocycles. The summed E-state index contributed by atoms with van der Waals surface area (Å²) in [6.45, 7) is 14.0. The fourth-order valence-corrected chi connectivity index (χ4v) is 10.9. The van der Waals surface area contributed by atoms with Crippen molar-refractivity contribution in [1.29, 1.82) is 0 Å². The van der Waals surface area contributed by atoms with Crippen LogP contribution in [0, 0.1) is 0 Å². The second-order valence-corrected chi connectivity index (χ2v) is 20.2. The molecule has 0 radical (unpaired) electrons. The molecule has 2 aliphatic heterocycles. The van der Waals surface area contributed by atoms with Crippen molar-refractivity contribution < 1.29 is 0 Å². The van der Waals surface area contributed by atoms with E-state index < -0.39 is 0 Å². The van der Waals surface area contributed by atoms with E-state index in [1.807, 2.05) is 0 Å². The molecule has 0 saturated carbocycles. The van der Waals surface area contributed by atoms with E-state index in [-0.39, 0.29) is 17.5 Å². The Bertz CT molecular complexity index is 3330. The van der Waals surface area contributed by atoms with Gasteiger partial charge in [-0.25, -0.2) is 0 Å². The third kappa shape index (κ3) is 6.24. The first-order valence-electron chi connectivity index (χ1n) is 23.1. The van der Waals surface area contributed by atoms with E-state index in [1.165, 1.54) is 105 Å². The average molecular weight is 835 g/mol. The van der Waals surface area contributed by atoms with Crippen LogP contribution in [0.1, 0.15) is 52.7 Å². The van der Waals surface area contributed by atoms with Crippen molar-refractivity contribution in [2.24, 2.45) is 0 Å². The van der Waals surface area contributed by atoms with Crippen LogP contribution in [0.15, 0.2) is 200 Å². The molecule has 10 aromatic rings. The van der Waals surface area contributed by atoms with Gasteiger partial charge in [0.25, 0.3) is 6.71 Å². The molecule has 10 aromatic carbocycles. The van der Waals surface area contributed by atoms with Crippen molar-refractivity contribution >= 4 is 89.5 Å². The van der Waals surface area contributed by atoms with Crippen molar-refractivity contribution in [3.8, 4) is 22.3 Å². The van der Waals surface area contributed by atoms with Gasteiger partial charge in [-0.3, -0.25) is 0 Å². The minimum Gasteiger partial charge on any atom is -0.311 e. The highest BCUT2D eigenvalue weighted by atomic mass is 15.2. The molecule has 2 heterocycles. The second-order valence-electron chi connectivity index (χ2n) is 20.2. The normalized spacial score (nSPS) is 13.3. The molecule has 0 saturated heterocycles. The first kappa shape index (κ1) is 39.3. The predicted molar refractivity (Wildman–Crippen MR) is 281 cm³/mol. The van der Waals surface area contributed by atoms with Crippen LogP contribution >= 0.6 is 0 Å². The van der Waals surface area contributed by atoms with E-state index in [2.05, 4.69) is 252 Å². The molecule has 0 unspecified atom stereocenters. The van der Waals surface area contributed by atoms with Crippen molar-refractivity contribution in [2.75, 3.05) is 9.80 Å². The van der Waals surface area contributed by atoms with E-state index in [0.717, 1.165) is 11.4 Å². The number of benzene rings is 10. The number of para-hydroxylation sites is 2. The van der Waals surface area contributed by atoms with E-state index in [4.69, 9.17) is 0 Å². The summed E-state index contributed by atoms with van der Waals surface area (Å²) in [5.41, 5.74) is 18.8. The van der Waals surface area contributed by atoms with Crippen molar-refractivity contribution in [1.82, 2.24) is 0 Å². The van der Waals surface area contributed by atoms with Gasteiger partial charge in [-0.05, 0) is 148 Å². The molecule has 0 atom stereocenters. The van der Waals surface area contributed by atoms with Crippen LogP contribution in [0.5, 0.6) is 0 Å². The third-order valence-corrected chi connectivity index (χ3v) is 14.1. The number of nitrogens with zero attached hydrogens (tertiary/aromatic N) is 2. The average Bonchev–Trinajstić information content (AvgIpc) is 3.32. The Morgan fingerprint density at radius 1 is 0.338 bits per heavy atom. The van der Waals surface area contributed by atoms with Crippen LogP contribution in [0.3, 0.4) is 0 Å². The number of hydrogen-bond donors (Lipinski definition) is 0. The van der Waals surface area contributed by atoms with Gasteiger partial charge in [0.1, 0.15) is 0 Å². The largest absolute Gasteiger partial charge is 0.311 e. The van der Waals surface area contributed by atoms with E-state index in [1.54, 1.807) is 0 Å². The smallest absolute Gasteiger partial charge is 0.252 e. The quantitative estimate of drug-likeness (QED) is 0.129. The fourth-order valence-electron chi connectivity index (χ4n) is 10.9. The summed E-state index contributed by atoms with van der Waals surface area (Å²) in [5, 5.41) is 7.49. The minimum absolute atomic E-state index is 0.00680. The summed E-state index contributed by atoms with van der Waals surface area (Å²) in [5.74, 6) is 0. The lowest BCUT2D eigenvalue weighted by Gasteiger charge is -2.45. The Morgan fingerprint density at radius 3 is 1.22 bits per heavy atom. The van der Waals surface area contributed by atoms with E-state index in [0.29, 0.717) is 0 Å². The fraction of sp³-hybridized carbons (Fsp3) is 0.129. The monoisotopic (exact) mass is 834 g/mol. The second kappa shape index (κ2) is 14.6. The number of rotatable bonds is 4. The lowest BCUT2D eigenvalue weighted by molar-refractivity contribution is 0.590. The zero-order valence-corrected chi connectivity index (χ0v) is 38.0. The molecule has 0 N–H and O–H groups in total. The maximum atomic E-state index is 2.55. The molecule has 0 aromatic heterocycles. The van der Waals surface area contributed by atoms with Crippen molar-refractivity contribution in [3.05, 3.63) is 211 Å². The van der Waals surface area contributed by atoms with Gasteiger partial charge in [-0.15, -0.1) is 0 Å². The molecule has 2 nitrogen and oxygen atoms in total. The molecule has 312 valence electrons. The van der Waals surface area contributed by atoms with Gasteiger partial charge in [0.05, 0.1) is 0 Å². The molecule has 0 spiro atoms. The Kier molecular flexibility index (Phi) is 8.81. The molecule has 2 aliphatic rings. The lowest BCUT2D eigenvalue weighted by atomic mass is 9.33. The van der Waals surface area contributed by atoms with Gasteiger partial charge in [-0.2, -0.15) is 0 Å². The molecule has 0 amide bonds. The summed E-state index contributed by atoms with van der Waals surface area (Å²) < 4.78 is 0. The van der Waals surface area contributed by atoms with E-state index >= 15 is 0 Å². The van der Waals surface area contributed by atoms with Crippen LogP contribution in [0.25, 0.3) is 54.6 Å². The summed E-state index contributed by atoms with van der Waals surface area (Å²) in [7, 11) is 0. The molecular formula is C62H51BN2. The summed E-state index contributed by atoms with van der Waals surface area (Å²) in [4.78, 5) is 5.10. The SMILES string of the molecule is CC(C)(C)c1ccc2c(c1)B1c3cc(C(C)(C)C)ccc3N(c3ccccc3)c3cc(-c4c5ccccc5c(-c5ccc6ccccc6c5)c5ccccc45)cc(c31)N2c1ccccc1. The van der Waals surface area contributed by atoms with Gasteiger partial charge in [0, 0.05) is 34.1 Å². The molecule has 12 rings (SSSR count). The highest BCUT2D eigenvalue weighted by Gasteiger charge is 2.44. The Morgan fingerprint density at radius 2 is 0.754 bits per heavy atom. The van der Waals surface area contributed by atoms with Crippen LogP contribution in [0.4, 0.5) is 34.1 Å². The lowest BCUT2D eigenvalue weighted by Crippen LogP contribution is -2.61. The highest BCUT2D eigenvalue weighted by Crippen LogP contribution is 2.50. The highest BCUT2D eigenvalue weighted by molar-refractivity contribution is 7.00. The summed E-state index contributed by atoms with van der Waals surface area (Å²) in [6.07, 6.45) is 0. The van der Waals surface area contributed by atoms with Gasteiger partial charge >= 0.3 is 0 Å². The number of fused-ring (bicyclic) bond motifs is 7. The molecule has 3 heteroatoms. The minimum atomic E-state index is -0.0263. The first-order valence-corrected chi connectivity index (χ1v) is 23.1. The zero-order valence-electron chi connectivity index (χ0n) is 38.0. The Hall–Kier alpha value is -7.36. The van der Waals surface area contributed by atoms with Gasteiger partial charge in [0.15, 0.2) is 0 Å². The standard InChI is InChI=1S/C62H51BN2/c1-61(2,3)44-31-33-54-52(38-44)63-53-39-45(62(4,5)6)32-34-55(53)65(47-23-11-8-12-24-47)57-37-43(36-56(60(57)63)64(54)46-21-9-7-10-22-46)59-50-27-17-15-25-48(50)58(49-26-16-18-28-51(49)59)42-30-29-40-19-13-14-20-41(40)35-42/h7-39H,1-6H3. The third-order valence-electron chi connectivity index (χ3n) is 14.1. The Labute approximate surface area is 383 Å². The van der Waals surface area contributed by atoms with Crippen molar-refractivity contribution in [2.45, 2.75) is 52.4 Å². The van der Waals surface area contributed by atoms with Gasteiger partial charge < -0.3 is 9.80 Å². The molecular weight excluding hydrogens is 784 g/mol. The number of anilines is 6. The maximum absolute atomic E-state index is 2.55. The summed E-state index contributed by atoms with van der Waals surface area (Å²) >= 11 is 0. The summed E-state index contributed by atoms with van der Waals surface area (Å²) in [6, 6.07) is 75.4. The van der Waals surface area contributed by atoms with Crippen LogP contribution in [0.2, 0.25) is 0 Å². The van der Waals surface area contributed by atoms with Crippen molar-refractivity contribution in [3.63, 3.8) is 0 Å². The molecule has 0 bridgehead atoms.